The molecule has 6 aromatic rings. The van der Waals surface area contributed by atoms with E-state index in [1.165, 1.54) is 46.0 Å². The van der Waals surface area contributed by atoms with Crippen molar-refractivity contribution in [2.45, 2.75) is 44.1 Å². The quantitative estimate of drug-likeness (QED) is 0.0696. The number of thiophene rings is 1. The van der Waals surface area contributed by atoms with Gasteiger partial charge in [-0.3, -0.25) is 19.8 Å². The van der Waals surface area contributed by atoms with Crippen molar-refractivity contribution in [2.24, 2.45) is 5.41 Å². The molecule has 1 aliphatic carbocycles. The Morgan fingerprint density at radius 2 is 1.85 bits per heavy atom. The van der Waals surface area contributed by atoms with Crippen molar-refractivity contribution in [3.05, 3.63) is 128 Å². The highest BCUT2D eigenvalue weighted by Crippen LogP contribution is 2.46. The molecular formula is C48H50ClN7O8S2. The smallest absolute Gasteiger partial charge is 0.293 e. The molecule has 9 rings (SSSR count). The number of benzene rings is 3. The molecule has 0 spiro atoms. The first-order valence-electron chi connectivity index (χ1n) is 21.8. The van der Waals surface area contributed by atoms with Crippen LogP contribution >= 0.6 is 22.9 Å². The maximum Gasteiger partial charge on any atom is 0.293 e. The highest BCUT2D eigenvalue weighted by atomic mass is 35.5. The highest BCUT2D eigenvalue weighted by Gasteiger charge is 2.31. The molecule has 15 nitrogen and oxygen atoms in total. The van der Waals surface area contributed by atoms with E-state index in [-0.39, 0.29) is 35.1 Å². The Balaban J connectivity index is 0.922. The monoisotopic (exact) mass is 951 g/mol. The van der Waals surface area contributed by atoms with Crippen LogP contribution in [0.5, 0.6) is 11.5 Å². The van der Waals surface area contributed by atoms with Gasteiger partial charge >= 0.3 is 0 Å². The molecule has 1 atom stereocenters. The number of hydrogen-bond donors (Lipinski definition) is 3. The fraction of sp³-hybridized carbons (Fsp3) is 0.333. The number of nitro benzene ring substituents is 1. The standard InChI is InChI=1S/C48H50ClN7O8S2/c1-48(2)13-11-33(41(25-48)45-22-34(30-65-45)31-3-5-35(49)6-4-31)28-54-15-17-55(18-16-54)36-7-9-40(44(23-36)64-37-21-32-12-14-50-46(32)52-26-37)47(57)53-66(60,61)39-8-10-42(43(24-39)56(58)59)51-27-38-29-62-19-20-63-38/h3-10,12,14,21-24,26,30,38,51H,11,13,15-20,25,27-29H2,1-2H3,(H,50,52)(H,53,57)/t38-/m0/s1. The third-order valence-corrected chi connectivity index (χ3v) is 14.9. The summed E-state index contributed by atoms with van der Waals surface area (Å²) in [7, 11) is -4.59. The Morgan fingerprint density at radius 1 is 1.03 bits per heavy atom. The van der Waals surface area contributed by atoms with Gasteiger partial charge in [0.2, 0.25) is 0 Å². The van der Waals surface area contributed by atoms with Gasteiger partial charge in [-0.1, -0.05) is 43.2 Å². The number of fused-ring (bicyclic) bond motifs is 1. The number of allylic oxidation sites excluding steroid dienone is 1. The van der Waals surface area contributed by atoms with Gasteiger partial charge in [-0.15, -0.1) is 11.3 Å². The van der Waals surface area contributed by atoms with Gasteiger partial charge in [-0.05, 0) is 101 Å². The van der Waals surface area contributed by atoms with Gasteiger partial charge in [0.15, 0.2) is 0 Å². The van der Waals surface area contributed by atoms with Gasteiger partial charge in [0.1, 0.15) is 22.8 Å². The molecular weight excluding hydrogens is 902 g/mol. The Hall–Kier alpha value is -5.82. The summed E-state index contributed by atoms with van der Waals surface area (Å²) in [5.41, 5.74) is 6.54. The van der Waals surface area contributed by atoms with Crippen molar-refractivity contribution in [3.8, 4) is 22.6 Å². The van der Waals surface area contributed by atoms with Gasteiger partial charge in [0.05, 0.1) is 47.5 Å². The molecule has 3 aliphatic rings. The average molecular weight is 953 g/mol. The lowest BCUT2D eigenvalue weighted by Gasteiger charge is -2.39. The first kappa shape index (κ1) is 45.3. The number of pyridine rings is 1. The molecule has 3 aromatic carbocycles. The molecule has 2 fully saturated rings. The van der Waals surface area contributed by atoms with Crippen molar-refractivity contribution < 1.29 is 32.3 Å². The molecule has 5 heterocycles. The Bertz CT molecular complexity index is 2900. The third-order valence-electron chi connectivity index (χ3n) is 12.3. The SMILES string of the molecule is CC1(C)CCC(CN2CCN(c3ccc(C(=O)NS(=O)(=O)c4ccc(NC[C@H]5COCCO5)c([N+](=O)[O-])c4)c(Oc4cnc5[nH]ccc5c4)c3)CC2)=C(c2cc(-c3ccc(Cl)cc3)cs2)C1. The Labute approximate surface area is 391 Å². The number of piperazine rings is 1. The minimum absolute atomic E-state index is 0.0508. The summed E-state index contributed by atoms with van der Waals surface area (Å²) in [6.07, 6.45) is 6.16. The number of rotatable bonds is 14. The predicted octanol–water partition coefficient (Wildman–Crippen LogP) is 9.38. The summed E-state index contributed by atoms with van der Waals surface area (Å²) in [4.78, 5) is 38.4. The second kappa shape index (κ2) is 19.2. The van der Waals surface area contributed by atoms with Gasteiger partial charge in [0, 0.05) is 78.6 Å². The van der Waals surface area contributed by atoms with E-state index in [1.807, 2.05) is 18.2 Å². The summed E-state index contributed by atoms with van der Waals surface area (Å²) in [5, 5.41) is 18.8. The minimum Gasteiger partial charge on any atom is -0.455 e. The van der Waals surface area contributed by atoms with E-state index in [1.54, 1.807) is 35.7 Å². The molecule has 344 valence electrons. The van der Waals surface area contributed by atoms with Crippen LogP contribution in [0.1, 0.15) is 48.3 Å². The van der Waals surface area contributed by atoms with Crippen LogP contribution in [0.4, 0.5) is 17.1 Å². The van der Waals surface area contributed by atoms with Gasteiger partial charge in [-0.2, -0.15) is 0 Å². The predicted molar refractivity (Wildman–Crippen MR) is 257 cm³/mol. The van der Waals surface area contributed by atoms with Crippen molar-refractivity contribution in [2.75, 3.05) is 69.3 Å². The van der Waals surface area contributed by atoms with Gasteiger partial charge in [-0.25, -0.2) is 18.1 Å². The van der Waals surface area contributed by atoms with E-state index in [2.05, 4.69) is 67.2 Å². The third kappa shape index (κ3) is 10.4. The van der Waals surface area contributed by atoms with Crippen LogP contribution in [0.15, 0.2) is 107 Å². The fourth-order valence-electron chi connectivity index (χ4n) is 8.67. The summed E-state index contributed by atoms with van der Waals surface area (Å²) < 4.78 is 46.8. The van der Waals surface area contributed by atoms with Crippen LogP contribution in [0.25, 0.3) is 27.7 Å². The van der Waals surface area contributed by atoms with Crippen LogP contribution in [0, 0.1) is 15.5 Å². The summed E-state index contributed by atoms with van der Waals surface area (Å²) in [5.74, 6) is -0.509. The number of sulfonamides is 1. The number of aromatic nitrogens is 2. The number of nitrogens with one attached hydrogen (secondary N) is 3. The zero-order valence-corrected chi connectivity index (χ0v) is 38.9. The van der Waals surface area contributed by atoms with Crippen molar-refractivity contribution >= 4 is 72.5 Å². The first-order chi connectivity index (χ1) is 31.8. The van der Waals surface area contributed by atoms with E-state index in [9.17, 15) is 23.3 Å². The zero-order valence-electron chi connectivity index (χ0n) is 36.5. The molecule has 0 radical (unpaired) electrons. The number of carbonyl (C=O) groups is 1. The number of halogens is 1. The number of aromatic amines is 1. The van der Waals surface area contributed by atoms with E-state index in [0.717, 1.165) is 79.7 Å². The summed E-state index contributed by atoms with van der Waals surface area (Å²) >= 11 is 7.98. The van der Waals surface area contributed by atoms with Crippen LogP contribution in [-0.4, -0.2) is 99.3 Å². The molecule has 0 bridgehead atoms. The summed E-state index contributed by atoms with van der Waals surface area (Å²) in [6, 6.07) is 22.4. The normalized spacial score (nSPS) is 18.0. The summed E-state index contributed by atoms with van der Waals surface area (Å²) in [6.45, 7) is 10.1. The average Bonchev–Trinajstić information content (AvgIpc) is 4.00. The topological polar surface area (TPSA) is 181 Å². The molecule has 0 unspecified atom stereocenters. The molecule has 0 saturated carbocycles. The lowest BCUT2D eigenvalue weighted by atomic mass is 9.73. The van der Waals surface area contributed by atoms with E-state index in [4.69, 9.17) is 25.8 Å². The maximum atomic E-state index is 14.0. The van der Waals surface area contributed by atoms with Crippen molar-refractivity contribution in [3.63, 3.8) is 0 Å². The fourth-order valence-corrected chi connectivity index (χ4v) is 10.8. The van der Waals surface area contributed by atoms with Crippen molar-refractivity contribution in [1.82, 2.24) is 19.6 Å². The number of nitrogens with zero attached hydrogens (tertiary/aromatic N) is 4. The zero-order chi connectivity index (χ0) is 46.0. The van der Waals surface area contributed by atoms with Crippen LogP contribution in [-0.2, 0) is 19.5 Å². The molecule has 18 heteroatoms. The minimum atomic E-state index is -4.59. The lowest BCUT2D eigenvalue weighted by Crippen LogP contribution is -2.47. The Morgan fingerprint density at radius 3 is 2.62 bits per heavy atom. The maximum absolute atomic E-state index is 14.0. The number of amides is 1. The largest absolute Gasteiger partial charge is 0.455 e. The molecule has 3 aromatic heterocycles. The molecule has 2 aliphatic heterocycles. The number of ether oxygens (including phenoxy) is 3. The number of carbonyl (C=O) groups excluding carboxylic acids is 1. The van der Waals surface area contributed by atoms with Crippen LogP contribution in [0.3, 0.4) is 0 Å². The lowest BCUT2D eigenvalue weighted by molar-refractivity contribution is -0.384. The number of H-pyrrole nitrogens is 1. The molecule has 66 heavy (non-hydrogen) atoms. The Kier molecular flexibility index (Phi) is 13.2. The van der Waals surface area contributed by atoms with Crippen molar-refractivity contribution in [1.29, 1.82) is 0 Å². The number of anilines is 2. The first-order valence-corrected chi connectivity index (χ1v) is 24.6. The number of nitro groups is 1. The molecule has 1 amide bonds. The van der Waals surface area contributed by atoms with E-state index >= 15 is 0 Å². The van der Waals surface area contributed by atoms with Crippen LogP contribution in [0.2, 0.25) is 5.02 Å². The second-order valence-electron chi connectivity index (χ2n) is 17.6. The van der Waals surface area contributed by atoms with E-state index in [0.29, 0.717) is 31.2 Å². The van der Waals surface area contributed by atoms with Gasteiger partial charge < -0.3 is 29.4 Å². The second-order valence-corrected chi connectivity index (χ2v) is 20.6. The van der Waals surface area contributed by atoms with Crippen LogP contribution < -0.4 is 19.7 Å². The molecule has 3 N–H and O–H groups in total. The van der Waals surface area contributed by atoms with Gasteiger partial charge in [0.25, 0.3) is 21.6 Å². The number of hydrogen-bond acceptors (Lipinski definition) is 13. The molecule has 2 saturated heterocycles. The van der Waals surface area contributed by atoms with E-state index < -0.39 is 31.4 Å². The highest BCUT2D eigenvalue weighted by molar-refractivity contribution is 7.90.